The first kappa shape index (κ1) is 33.0. The number of aryl methyl sites for hydroxylation is 1. The van der Waals surface area contributed by atoms with Crippen molar-refractivity contribution in [3.05, 3.63) is 58.7 Å². The zero-order valence-electron chi connectivity index (χ0n) is 26.2. The maximum atomic E-state index is 12.9. The second-order valence-electron chi connectivity index (χ2n) is 12.2. The predicted octanol–water partition coefficient (Wildman–Crippen LogP) is 6.91. The molecule has 1 heterocycles. The average molecular weight is 643 g/mol. The van der Waals surface area contributed by atoms with Gasteiger partial charge < -0.3 is 20.1 Å². The lowest BCUT2D eigenvalue weighted by Gasteiger charge is -2.35. The predicted molar refractivity (Wildman–Crippen MR) is 174 cm³/mol. The highest BCUT2D eigenvalue weighted by Crippen LogP contribution is 2.41. The minimum absolute atomic E-state index is 0.155. The van der Waals surface area contributed by atoms with Crippen molar-refractivity contribution in [2.75, 3.05) is 17.7 Å². The summed E-state index contributed by atoms with van der Waals surface area (Å²) >= 11 is 6.42. The fourth-order valence-electron chi connectivity index (χ4n) is 4.85. The number of amides is 1. The Labute approximate surface area is 263 Å². The number of carbonyl (C=O) groups is 1. The smallest absolute Gasteiger partial charge is 0.428 e. The minimum atomic E-state index is -3.56. The molecule has 1 aromatic heterocycles. The molecule has 11 nitrogen and oxygen atoms in total. The minimum Gasteiger partial charge on any atom is -0.495 e. The number of hydrogen-bond donors (Lipinski definition) is 3. The number of fused-ring (bicyclic) bond motifs is 1. The zero-order valence-corrected chi connectivity index (χ0v) is 27.8. The highest BCUT2D eigenvalue weighted by molar-refractivity contribution is 7.92. The van der Waals surface area contributed by atoms with Gasteiger partial charge in [0.05, 0.1) is 34.8 Å². The lowest BCUT2D eigenvalue weighted by atomic mass is 9.71. The van der Waals surface area contributed by atoms with Gasteiger partial charge >= 0.3 is 6.09 Å². The third-order valence-electron chi connectivity index (χ3n) is 7.19. The van der Waals surface area contributed by atoms with Gasteiger partial charge in [-0.05, 0) is 82.9 Å². The van der Waals surface area contributed by atoms with Crippen LogP contribution in [-0.4, -0.2) is 48.2 Å². The Hall–Kier alpha value is -3.90. The molecule has 2 aromatic carbocycles. The van der Waals surface area contributed by atoms with E-state index in [0.29, 0.717) is 30.0 Å². The fraction of sp³-hybridized carbons (Fsp3) is 0.419. The van der Waals surface area contributed by atoms with Gasteiger partial charge in [-0.2, -0.15) is 10.1 Å². The summed E-state index contributed by atoms with van der Waals surface area (Å²) in [6.07, 6.45) is 2.14. The number of nitrogens with zero attached hydrogens (tertiary/aromatic N) is 3. The molecule has 1 aliphatic carbocycles. The number of aromatic nitrogens is 2. The van der Waals surface area contributed by atoms with E-state index in [1.54, 1.807) is 66.0 Å². The molecule has 3 N–H and O–H groups in total. The van der Waals surface area contributed by atoms with Crippen molar-refractivity contribution in [3.8, 4) is 5.75 Å². The van der Waals surface area contributed by atoms with Crippen molar-refractivity contribution in [2.24, 2.45) is 5.10 Å². The molecule has 0 saturated heterocycles. The molecule has 4 rings (SSSR count). The molecular weight excluding hydrogens is 604 g/mol. The van der Waals surface area contributed by atoms with E-state index < -0.39 is 32.2 Å². The monoisotopic (exact) mass is 642 g/mol. The van der Waals surface area contributed by atoms with Gasteiger partial charge in [0.1, 0.15) is 16.4 Å². The van der Waals surface area contributed by atoms with Crippen molar-refractivity contribution in [1.29, 1.82) is 0 Å². The molecule has 0 saturated carbocycles. The number of ether oxygens (including phenoxy) is 2. The number of hydrazone groups is 1. The Morgan fingerprint density at radius 1 is 1.09 bits per heavy atom. The lowest BCUT2D eigenvalue weighted by molar-refractivity contribution is 0.0528. The molecule has 0 fully saturated rings. The van der Waals surface area contributed by atoms with Crippen molar-refractivity contribution >= 4 is 56.4 Å². The van der Waals surface area contributed by atoms with Gasteiger partial charge in [0.25, 0.3) is 0 Å². The molecule has 0 radical (unpaired) electrons. The Kier molecular flexibility index (Phi) is 9.46. The molecule has 0 aliphatic heterocycles. The number of nitrogens with one attached hydrogen (secondary N) is 3. The van der Waals surface area contributed by atoms with Crippen molar-refractivity contribution in [2.45, 2.75) is 82.5 Å². The second-order valence-corrected chi connectivity index (χ2v) is 15.1. The van der Waals surface area contributed by atoms with Crippen LogP contribution < -0.4 is 20.8 Å². The number of carbonyl (C=O) groups excluding carboxylic acids is 1. The average Bonchev–Trinajstić information content (AvgIpc) is 2.93. The van der Waals surface area contributed by atoms with E-state index in [0.717, 1.165) is 16.8 Å². The number of sulfone groups is 1. The molecular formula is C31H39ClN6O5S. The van der Waals surface area contributed by atoms with Gasteiger partial charge in [0.2, 0.25) is 5.95 Å². The summed E-state index contributed by atoms with van der Waals surface area (Å²) in [5.74, 6) is 1.03. The van der Waals surface area contributed by atoms with Gasteiger partial charge in [0, 0.05) is 11.1 Å². The van der Waals surface area contributed by atoms with Gasteiger partial charge in [-0.25, -0.2) is 23.6 Å². The van der Waals surface area contributed by atoms with Crippen LogP contribution in [-0.2, 0) is 26.4 Å². The molecule has 0 unspecified atom stereocenters. The summed E-state index contributed by atoms with van der Waals surface area (Å²) < 4.78 is 36.9. The van der Waals surface area contributed by atoms with Crippen LogP contribution >= 0.6 is 11.6 Å². The normalized spacial score (nSPS) is 15.5. The van der Waals surface area contributed by atoms with Crippen LogP contribution in [0, 0.1) is 0 Å². The summed E-state index contributed by atoms with van der Waals surface area (Å²) in [7, 11) is -1.99. The van der Waals surface area contributed by atoms with Gasteiger partial charge in [-0.3, -0.25) is 0 Å². The molecule has 1 amide bonds. The highest BCUT2D eigenvalue weighted by atomic mass is 35.5. The lowest BCUT2D eigenvalue weighted by Crippen LogP contribution is -2.37. The van der Waals surface area contributed by atoms with E-state index in [1.165, 1.54) is 6.20 Å². The molecule has 44 heavy (non-hydrogen) atoms. The van der Waals surface area contributed by atoms with E-state index in [1.807, 2.05) is 26.0 Å². The third kappa shape index (κ3) is 7.24. The molecule has 1 aliphatic rings. The number of rotatable bonds is 8. The van der Waals surface area contributed by atoms with E-state index in [-0.39, 0.29) is 21.7 Å². The van der Waals surface area contributed by atoms with Crippen LogP contribution in [0.4, 0.5) is 27.9 Å². The molecule has 3 aromatic rings. The number of para-hydroxylation sites is 1. The first-order valence-electron chi connectivity index (χ1n) is 14.2. The third-order valence-corrected chi connectivity index (χ3v) is 9.68. The summed E-state index contributed by atoms with van der Waals surface area (Å²) in [6.45, 7) is 12.7. The summed E-state index contributed by atoms with van der Waals surface area (Å²) in [6, 6.07) is 10.6. The van der Waals surface area contributed by atoms with Crippen LogP contribution in [0.5, 0.6) is 5.75 Å². The highest BCUT2D eigenvalue weighted by Gasteiger charge is 2.35. The molecule has 236 valence electrons. The fourth-order valence-corrected chi connectivity index (χ4v) is 6.19. The standard InChI is InChI=1S/C31H39ClN6O5S/c1-18(2)44(40,41)25-12-10-9-11-22(25)34-27-21(32)17-33-28(36-27)35-23-15-19-13-14-26(37-38-29(39)43-30(3,4)5)31(6,7)20(19)16-24(23)42-8/h9-12,15-18H,13-14H2,1-8H3,(H,38,39)(H2,33,34,35,36)/b37-26+. The summed E-state index contributed by atoms with van der Waals surface area (Å²) in [5, 5.41) is 10.3. The first-order chi connectivity index (χ1) is 20.5. The van der Waals surface area contributed by atoms with Crippen LogP contribution in [0.25, 0.3) is 0 Å². The largest absolute Gasteiger partial charge is 0.495 e. The van der Waals surface area contributed by atoms with E-state index >= 15 is 0 Å². The second kappa shape index (κ2) is 12.6. The molecule has 0 atom stereocenters. The maximum absolute atomic E-state index is 12.9. The Morgan fingerprint density at radius 2 is 1.80 bits per heavy atom. The number of anilines is 4. The van der Waals surface area contributed by atoms with Crippen molar-refractivity contribution in [1.82, 2.24) is 15.4 Å². The number of methoxy groups -OCH3 is 1. The Balaban J connectivity index is 1.61. The van der Waals surface area contributed by atoms with Gasteiger partial charge in [-0.1, -0.05) is 37.6 Å². The van der Waals surface area contributed by atoms with E-state index in [2.05, 4.69) is 31.1 Å². The SMILES string of the molecule is COc1cc2c(cc1Nc1ncc(Cl)c(Nc3ccccc3S(=O)(=O)C(C)C)n1)CC/C(=N\NC(=O)OC(C)(C)C)C2(C)C. The van der Waals surface area contributed by atoms with E-state index in [4.69, 9.17) is 21.1 Å². The Morgan fingerprint density at radius 3 is 2.45 bits per heavy atom. The Bertz CT molecular complexity index is 1700. The van der Waals surface area contributed by atoms with Crippen LogP contribution in [0.2, 0.25) is 5.02 Å². The number of benzene rings is 2. The van der Waals surface area contributed by atoms with Crippen LogP contribution in [0.1, 0.15) is 66.0 Å². The molecule has 0 bridgehead atoms. The maximum Gasteiger partial charge on any atom is 0.428 e. The van der Waals surface area contributed by atoms with Crippen molar-refractivity contribution in [3.63, 3.8) is 0 Å². The van der Waals surface area contributed by atoms with E-state index in [9.17, 15) is 13.2 Å². The number of hydrogen-bond acceptors (Lipinski definition) is 10. The van der Waals surface area contributed by atoms with Crippen LogP contribution in [0.3, 0.4) is 0 Å². The first-order valence-corrected chi connectivity index (χ1v) is 16.1. The summed E-state index contributed by atoms with van der Waals surface area (Å²) in [4.78, 5) is 21.2. The number of halogens is 1. The molecule has 0 spiro atoms. The quantitative estimate of drug-likeness (QED) is 0.223. The van der Waals surface area contributed by atoms with Crippen molar-refractivity contribution < 1.29 is 22.7 Å². The summed E-state index contributed by atoms with van der Waals surface area (Å²) in [5.41, 5.74) is 5.32. The van der Waals surface area contributed by atoms with Gasteiger partial charge in [0.15, 0.2) is 15.7 Å². The molecule has 13 heteroatoms. The van der Waals surface area contributed by atoms with Crippen LogP contribution in [0.15, 0.2) is 52.6 Å². The zero-order chi connectivity index (χ0) is 32.4. The topological polar surface area (TPSA) is 144 Å². The van der Waals surface area contributed by atoms with Gasteiger partial charge in [-0.15, -0.1) is 0 Å².